The number of carbonyl (C=O) groups is 1. The minimum atomic E-state index is -0.347. The third-order valence-electron chi connectivity index (χ3n) is 2.37. The van der Waals surface area contributed by atoms with Gasteiger partial charge in [-0.25, -0.2) is 4.68 Å². The van der Waals surface area contributed by atoms with E-state index >= 15 is 0 Å². The van der Waals surface area contributed by atoms with Crippen LogP contribution in [0.3, 0.4) is 0 Å². The second-order valence-electron chi connectivity index (χ2n) is 3.63. The summed E-state index contributed by atoms with van der Waals surface area (Å²) in [6, 6.07) is 4.70. The molecule has 2 aromatic rings. The third kappa shape index (κ3) is 3.02. The van der Waals surface area contributed by atoms with E-state index in [1.165, 1.54) is 22.5 Å². The fourth-order valence-corrected chi connectivity index (χ4v) is 2.42. The molecule has 19 heavy (non-hydrogen) atoms. The van der Waals surface area contributed by atoms with Crippen LogP contribution in [-0.4, -0.2) is 27.0 Å². The van der Waals surface area contributed by atoms with Gasteiger partial charge in [0.25, 0.3) is 5.91 Å². The zero-order valence-corrected chi connectivity index (χ0v) is 12.5. The second kappa shape index (κ2) is 5.81. The lowest BCUT2D eigenvalue weighted by Crippen LogP contribution is -2.24. The first-order chi connectivity index (χ1) is 9.02. The summed E-state index contributed by atoms with van der Waals surface area (Å²) in [4.78, 5) is 12.1. The summed E-state index contributed by atoms with van der Waals surface area (Å²) < 4.78 is 1.51. The lowest BCUT2D eigenvalue weighted by molar-refractivity contribution is 0.101. The second-order valence-corrected chi connectivity index (χ2v) is 5.25. The Balaban J connectivity index is 2.28. The molecular weight excluding hydrogens is 307 g/mol. The quantitative estimate of drug-likeness (QED) is 0.884. The van der Waals surface area contributed by atoms with Crippen LogP contribution in [0, 0.1) is 6.92 Å². The van der Waals surface area contributed by atoms with Crippen molar-refractivity contribution in [1.82, 2.24) is 14.9 Å². The highest BCUT2D eigenvalue weighted by Crippen LogP contribution is 2.21. The van der Waals surface area contributed by atoms with E-state index in [1.54, 1.807) is 19.1 Å². The number of carbonyl (C=O) groups excluding carboxylic acids is 1. The SMILES string of the molecule is CSc1nnc(C)n1NC(=O)c1ccc(Cl)cc1Cl. The van der Waals surface area contributed by atoms with Crippen LogP contribution in [0.5, 0.6) is 0 Å². The maximum absolute atomic E-state index is 12.1. The van der Waals surface area contributed by atoms with E-state index < -0.39 is 0 Å². The number of aryl methyl sites for hydroxylation is 1. The van der Waals surface area contributed by atoms with Gasteiger partial charge in [0, 0.05) is 5.02 Å². The Morgan fingerprint density at radius 3 is 2.74 bits per heavy atom. The van der Waals surface area contributed by atoms with Crippen molar-refractivity contribution in [2.45, 2.75) is 12.1 Å². The summed E-state index contributed by atoms with van der Waals surface area (Å²) in [6.07, 6.45) is 1.85. The molecule has 1 aromatic heterocycles. The normalized spacial score (nSPS) is 10.5. The van der Waals surface area contributed by atoms with Gasteiger partial charge in [-0.1, -0.05) is 35.0 Å². The smallest absolute Gasteiger partial charge is 0.267 e. The first-order valence-corrected chi connectivity index (χ1v) is 7.23. The fourth-order valence-electron chi connectivity index (χ4n) is 1.44. The van der Waals surface area contributed by atoms with Gasteiger partial charge >= 0.3 is 0 Å². The highest BCUT2D eigenvalue weighted by molar-refractivity contribution is 7.98. The molecule has 1 heterocycles. The van der Waals surface area contributed by atoms with E-state index in [-0.39, 0.29) is 5.91 Å². The number of hydrogen-bond donors (Lipinski definition) is 1. The first kappa shape index (κ1) is 14.2. The molecule has 0 saturated heterocycles. The molecule has 0 aliphatic heterocycles. The van der Waals surface area contributed by atoms with E-state index in [1.807, 2.05) is 6.26 Å². The number of aromatic nitrogens is 3. The Kier molecular flexibility index (Phi) is 4.34. The number of nitrogens with zero attached hydrogens (tertiary/aromatic N) is 3. The molecule has 0 radical (unpaired) electrons. The summed E-state index contributed by atoms with van der Waals surface area (Å²) in [5.41, 5.74) is 3.03. The number of rotatable bonds is 3. The van der Waals surface area contributed by atoms with E-state index in [2.05, 4.69) is 15.6 Å². The molecule has 0 aliphatic carbocycles. The van der Waals surface area contributed by atoms with Gasteiger partial charge in [-0.3, -0.25) is 10.2 Å². The molecule has 5 nitrogen and oxygen atoms in total. The predicted octanol–water partition coefficient (Wildman–Crippen LogP) is 3.00. The summed E-state index contributed by atoms with van der Waals surface area (Å²) in [5.74, 6) is 0.239. The zero-order valence-electron chi connectivity index (χ0n) is 10.1. The van der Waals surface area contributed by atoms with Gasteiger partial charge in [-0.05, 0) is 31.4 Å². The van der Waals surface area contributed by atoms with Crippen molar-refractivity contribution in [3.05, 3.63) is 39.6 Å². The molecule has 8 heteroatoms. The van der Waals surface area contributed by atoms with Crippen molar-refractivity contribution in [3.8, 4) is 0 Å². The molecule has 0 spiro atoms. The average molecular weight is 317 g/mol. The van der Waals surface area contributed by atoms with Gasteiger partial charge in [0.1, 0.15) is 5.82 Å². The summed E-state index contributed by atoms with van der Waals surface area (Å²) in [5, 5.41) is 9.18. The van der Waals surface area contributed by atoms with Crippen LogP contribution < -0.4 is 5.43 Å². The van der Waals surface area contributed by atoms with Crippen molar-refractivity contribution in [2.75, 3.05) is 11.7 Å². The molecule has 0 saturated carbocycles. The number of nitrogens with one attached hydrogen (secondary N) is 1. The van der Waals surface area contributed by atoms with Gasteiger partial charge < -0.3 is 0 Å². The summed E-state index contributed by atoms with van der Waals surface area (Å²) in [7, 11) is 0. The molecule has 0 atom stereocenters. The molecular formula is C11H10Cl2N4OS. The zero-order chi connectivity index (χ0) is 14.0. The van der Waals surface area contributed by atoms with Crippen LogP contribution in [-0.2, 0) is 0 Å². The molecule has 1 N–H and O–H groups in total. The molecule has 1 amide bonds. The van der Waals surface area contributed by atoms with Gasteiger partial charge in [-0.2, -0.15) is 0 Å². The molecule has 100 valence electrons. The van der Waals surface area contributed by atoms with Crippen LogP contribution in [0.15, 0.2) is 23.4 Å². The van der Waals surface area contributed by atoms with Crippen molar-refractivity contribution in [3.63, 3.8) is 0 Å². The lowest BCUT2D eigenvalue weighted by Gasteiger charge is -2.10. The maximum Gasteiger partial charge on any atom is 0.271 e. The van der Waals surface area contributed by atoms with Crippen molar-refractivity contribution in [2.24, 2.45) is 0 Å². The molecule has 0 fully saturated rings. The summed E-state index contributed by atoms with van der Waals surface area (Å²) >= 11 is 13.2. The highest BCUT2D eigenvalue weighted by atomic mass is 35.5. The third-order valence-corrected chi connectivity index (χ3v) is 3.54. The van der Waals surface area contributed by atoms with Crippen molar-refractivity contribution in [1.29, 1.82) is 0 Å². The number of hydrogen-bond acceptors (Lipinski definition) is 4. The topological polar surface area (TPSA) is 59.8 Å². The Labute approximate surface area is 124 Å². The van der Waals surface area contributed by atoms with Crippen LogP contribution in [0.1, 0.15) is 16.2 Å². The van der Waals surface area contributed by atoms with Crippen LogP contribution in [0.25, 0.3) is 0 Å². The van der Waals surface area contributed by atoms with Crippen LogP contribution in [0.2, 0.25) is 10.0 Å². The van der Waals surface area contributed by atoms with Gasteiger partial charge in [0.2, 0.25) is 5.16 Å². The largest absolute Gasteiger partial charge is 0.271 e. The number of halogens is 2. The van der Waals surface area contributed by atoms with Gasteiger partial charge in [0.05, 0.1) is 10.6 Å². The highest BCUT2D eigenvalue weighted by Gasteiger charge is 2.14. The Bertz CT molecular complexity index is 629. The van der Waals surface area contributed by atoms with Gasteiger partial charge in [-0.15, -0.1) is 10.2 Å². The minimum Gasteiger partial charge on any atom is -0.267 e. The molecule has 2 rings (SSSR count). The molecule has 1 aromatic carbocycles. The number of benzene rings is 1. The van der Waals surface area contributed by atoms with E-state index in [0.29, 0.717) is 26.6 Å². The standard InChI is InChI=1S/C11H10Cl2N4OS/c1-6-14-15-11(19-2)17(6)16-10(18)8-4-3-7(12)5-9(8)13/h3-5H,1-2H3,(H,16,18). The van der Waals surface area contributed by atoms with Gasteiger partial charge in [0.15, 0.2) is 0 Å². The van der Waals surface area contributed by atoms with E-state index in [4.69, 9.17) is 23.2 Å². The molecule has 0 aliphatic rings. The lowest BCUT2D eigenvalue weighted by atomic mass is 10.2. The maximum atomic E-state index is 12.1. The Morgan fingerprint density at radius 2 is 2.11 bits per heavy atom. The Morgan fingerprint density at radius 1 is 1.37 bits per heavy atom. The predicted molar refractivity (Wildman–Crippen MR) is 76.7 cm³/mol. The first-order valence-electron chi connectivity index (χ1n) is 5.25. The molecule has 0 bridgehead atoms. The van der Waals surface area contributed by atoms with Crippen LogP contribution in [0.4, 0.5) is 0 Å². The van der Waals surface area contributed by atoms with E-state index in [9.17, 15) is 4.79 Å². The average Bonchev–Trinajstić information content (AvgIpc) is 2.70. The fraction of sp³-hybridized carbons (Fsp3) is 0.182. The summed E-state index contributed by atoms with van der Waals surface area (Å²) in [6.45, 7) is 1.75. The number of thioether (sulfide) groups is 1. The number of amides is 1. The monoisotopic (exact) mass is 316 g/mol. The van der Waals surface area contributed by atoms with Crippen molar-refractivity contribution < 1.29 is 4.79 Å². The minimum absolute atomic E-state index is 0.293. The van der Waals surface area contributed by atoms with Crippen molar-refractivity contribution >= 4 is 40.9 Å². The van der Waals surface area contributed by atoms with Crippen LogP contribution >= 0.6 is 35.0 Å². The van der Waals surface area contributed by atoms with E-state index in [0.717, 1.165) is 0 Å². The Hall–Kier alpha value is -1.24. The molecule has 0 unspecified atom stereocenters.